The zero-order chi connectivity index (χ0) is 79.0. The van der Waals surface area contributed by atoms with Gasteiger partial charge in [-0.05, 0) is 25.7 Å². The number of hydrogen-bond donors (Lipinski definition) is 4. The number of hydrogen-bond acceptors (Lipinski definition) is 18. The van der Waals surface area contributed by atoms with Crippen LogP contribution in [0.1, 0.15) is 426 Å². The number of esters is 4. The molecule has 0 saturated heterocycles. The number of carbonyl (C=O) groups excluding carboxylic acids is 6. The Hall–Kier alpha value is -2.26. The highest BCUT2D eigenvalue weighted by molar-refractivity contribution is 8.76. The van der Waals surface area contributed by atoms with Crippen molar-refractivity contribution in [1.82, 2.24) is 10.6 Å². The third-order valence-corrected chi connectivity index (χ3v) is 23.9. The molecule has 24 heteroatoms. The van der Waals surface area contributed by atoms with Crippen LogP contribution in [0.3, 0.4) is 0 Å². The molecule has 0 radical (unpaired) electrons. The van der Waals surface area contributed by atoms with Gasteiger partial charge in [-0.1, -0.05) is 383 Å². The molecule has 0 fully saturated rings. The summed E-state index contributed by atoms with van der Waals surface area (Å²) in [6.45, 7) is 6.32. The second kappa shape index (κ2) is 81.3. The number of unbranched alkanes of at least 4 members (excludes halogenated alkanes) is 52. The maximum atomic E-state index is 13.0. The predicted octanol–water partition coefficient (Wildman–Crippen LogP) is 24.0. The molecule has 0 spiro atoms. The molecule has 0 aromatic rings. The summed E-state index contributed by atoms with van der Waals surface area (Å²) >= 11 is 0. The molecule has 638 valence electrons. The lowest BCUT2D eigenvalue weighted by Crippen LogP contribution is -2.30. The van der Waals surface area contributed by atoms with Crippen molar-refractivity contribution in [2.45, 2.75) is 438 Å². The number of ether oxygens (including phenoxy) is 4. The molecule has 0 saturated carbocycles. The van der Waals surface area contributed by atoms with Gasteiger partial charge in [-0.3, -0.25) is 46.9 Å². The topological polar surface area (TPSA) is 275 Å². The van der Waals surface area contributed by atoms with Gasteiger partial charge in [-0.2, -0.15) is 0 Å². The first-order valence-corrected chi connectivity index (χ1v) is 49.8. The number of nitrogens with one attached hydrogen (secondary N) is 2. The summed E-state index contributed by atoms with van der Waals surface area (Å²) in [5.74, 6) is -1.74. The van der Waals surface area contributed by atoms with Crippen molar-refractivity contribution in [1.29, 1.82) is 0 Å². The zero-order valence-corrected chi connectivity index (χ0v) is 72.6. The highest BCUT2D eigenvalue weighted by Crippen LogP contribution is 2.44. The minimum absolute atomic E-state index is 0.0901. The second-order valence-electron chi connectivity index (χ2n) is 30.0. The lowest BCUT2D eigenvalue weighted by Gasteiger charge is -2.20. The third kappa shape index (κ3) is 80.4. The van der Waals surface area contributed by atoms with Gasteiger partial charge in [0.2, 0.25) is 11.8 Å². The fourth-order valence-electron chi connectivity index (χ4n) is 12.8. The molecule has 0 rings (SSSR count). The quantitative estimate of drug-likeness (QED) is 0.0145. The molecule has 0 aromatic heterocycles. The summed E-state index contributed by atoms with van der Waals surface area (Å²) in [7, 11) is -6.59. The summed E-state index contributed by atoms with van der Waals surface area (Å²) < 4.78 is 68.7. The fourth-order valence-corrected chi connectivity index (χ4v) is 16.3. The fraction of sp³-hybridized carbons (Fsp3) is 0.929. The maximum Gasteiger partial charge on any atom is 0.472 e. The molecule has 108 heavy (non-hydrogen) atoms. The Kier molecular flexibility index (Phi) is 79.6. The van der Waals surface area contributed by atoms with Gasteiger partial charge in [0, 0.05) is 63.1 Å². The highest BCUT2D eigenvalue weighted by atomic mass is 33.1. The van der Waals surface area contributed by atoms with Crippen LogP contribution >= 0.6 is 37.2 Å². The molecular formula is C84H162N2O18P2S2. The molecule has 4 N–H and O–H groups in total. The van der Waals surface area contributed by atoms with E-state index in [2.05, 4.69) is 38.3 Å². The average molecular weight is 1610 g/mol. The van der Waals surface area contributed by atoms with Gasteiger partial charge in [-0.25, -0.2) is 9.13 Å². The highest BCUT2D eigenvalue weighted by Gasteiger charge is 2.28. The minimum Gasteiger partial charge on any atom is -0.462 e. The van der Waals surface area contributed by atoms with Crippen LogP contribution in [0.2, 0.25) is 0 Å². The molecule has 20 nitrogen and oxygen atoms in total. The van der Waals surface area contributed by atoms with Crippen molar-refractivity contribution in [2.75, 3.05) is 64.2 Å². The van der Waals surface area contributed by atoms with Gasteiger partial charge in [0.1, 0.15) is 13.2 Å². The number of phosphoric acid groups is 2. The van der Waals surface area contributed by atoms with E-state index < -0.39 is 64.9 Å². The first kappa shape index (κ1) is 106. The van der Waals surface area contributed by atoms with Crippen molar-refractivity contribution in [3.63, 3.8) is 0 Å². The van der Waals surface area contributed by atoms with Crippen LogP contribution in [0.25, 0.3) is 0 Å². The smallest absolute Gasteiger partial charge is 0.462 e. The van der Waals surface area contributed by atoms with E-state index in [-0.39, 0.29) is 89.9 Å². The Morgan fingerprint density at radius 1 is 0.278 bits per heavy atom. The van der Waals surface area contributed by atoms with E-state index in [4.69, 9.17) is 37.0 Å². The summed E-state index contributed by atoms with van der Waals surface area (Å²) in [4.78, 5) is 97.6. The van der Waals surface area contributed by atoms with Crippen LogP contribution in [0, 0.1) is 0 Å². The van der Waals surface area contributed by atoms with Crippen LogP contribution in [0.15, 0.2) is 0 Å². The van der Waals surface area contributed by atoms with Crippen LogP contribution in [0.5, 0.6) is 0 Å². The summed E-state index contributed by atoms with van der Waals surface area (Å²) in [6, 6.07) is 0. The third-order valence-electron chi connectivity index (χ3n) is 19.5. The Morgan fingerprint density at radius 2 is 0.481 bits per heavy atom. The minimum atomic E-state index is -4.68. The lowest BCUT2D eigenvalue weighted by atomic mass is 10.0. The van der Waals surface area contributed by atoms with Crippen molar-refractivity contribution in [2.24, 2.45) is 0 Å². The zero-order valence-electron chi connectivity index (χ0n) is 69.2. The molecular weight excluding hydrogens is 1450 g/mol. The van der Waals surface area contributed by atoms with E-state index in [0.717, 1.165) is 77.0 Å². The van der Waals surface area contributed by atoms with Gasteiger partial charge in [-0.15, -0.1) is 0 Å². The van der Waals surface area contributed by atoms with E-state index in [1.165, 1.54) is 278 Å². The van der Waals surface area contributed by atoms with Crippen LogP contribution in [0.4, 0.5) is 0 Å². The van der Waals surface area contributed by atoms with E-state index in [9.17, 15) is 47.7 Å². The van der Waals surface area contributed by atoms with E-state index >= 15 is 0 Å². The molecule has 0 aliphatic carbocycles. The van der Waals surface area contributed by atoms with E-state index in [1.54, 1.807) is 0 Å². The predicted molar refractivity (Wildman–Crippen MR) is 445 cm³/mol. The first-order valence-electron chi connectivity index (χ1n) is 44.3. The van der Waals surface area contributed by atoms with Crippen molar-refractivity contribution < 1.29 is 84.7 Å². The van der Waals surface area contributed by atoms with Gasteiger partial charge < -0.3 is 39.4 Å². The van der Waals surface area contributed by atoms with Gasteiger partial charge >= 0.3 is 39.5 Å². The van der Waals surface area contributed by atoms with E-state index in [0.29, 0.717) is 37.2 Å². The van der Waals surface area contributed by atoms with Crippen LogP contribution in [-0.4, -0.2) is 122 Å². The summed E-state index contributed by atoms with van der Waals surface area (Å²) in [6.07, 6.45) is 65.4. The number of rotatable bonds is 87. The molecule has 2 amide bonds. The Balaban J connectivity index is 4.82. The Bertz CT molecular complexity index is 2170. The first-order chi connectivity index (χ1) is 52.6. The number of carbonyl (C=O) groups is 6. The van der Waals surface area contributed by atoms with Gasteiger partial charge in [0.25, 0.3) is 0 Å². The molecule has 0 aromatic carbocycles. The van der Waals surface area contributed by atoms with E-state index in [1.807, 2.05) is 0 Å². The summed E-state index contributed by atoms with van der Waals surface area (Å²) in [5, 5.41) is 5.27. The number of amides is 2. The Morgan fingerprint density at radius 3 is 0.704 bits per heavy atom. The van der Waals surface area contributed by atoms with Crippen LogP contribution in [-0.2, 0) is 74.9 Å². The monoisotopic (exact) mass is 1610 g/mol. The van der Waals surface area contributed by atoms with Crippen molar-refractivity contribution in [3.05, 3.63) is 0 Å². The molecule has 4 atom stereocenters. The SMILES string of the molecule is CCCCCCCCCCCCCCCCCC(=O)OC[C@H](COP(=O)(O)OCCNC(=O)CCSSCCC(=O)NCCOP(=O)(O)OC[C@@H](COC(=O)CCCCCCCCCCCCC)OC(=O)CCCCCCCCCCCCCCCCC)OC(=O)CCCCCCCCCCCCCCCCC. The Labute approximate surface area is 666 Å². The molecule has 0 aliphatic heterocycles. The molecule has 0 heterocycles. The standard InChI is InChI=1S/C84H162N2O18P2S2/c1-5-9-13-17-21-25-29-32-35-38-42-46-50-54-58-62-82(90)98-74-78(104-84(92)64-60-56-52-48-44-40-37-34-31-27-23-19-15-11-7-3)76-102-106(95,96)100-70-68-86-80(88)66-72-108-107-71-65-79(87)85-67-69-99-105(93,94)101-75-77(73-97-81(89)61-57-53-49-45-41-28-24-20-16-12-8-4)103-83(91)63-59-55-51-47-43-39-36-33-30-26-22-18-14-10-6-2/h77-78H,5-76H2,1-4H3,(H,85,87)(H,86,88)(H,93,94)(H,95,96)/t77-,78-/m1/s1. The number of phosphoric ester groups is 2. The molecule has 0 bridgehead atoms. The second-order valence-corrected chi connectivity index (χ2v) is 35.6. The largest absolute Gasteiger partial charge is 0.472 e. The van der Waals surface area contributed by atoms with Gasteiger partial charge in [0.05, 0.1) is 26.4 Å². The van der Waals surface area contributed by atoms with Crippen LogP contribution < -0.4 is 10.6 Å². The molecule has 2 unspecified atom stereocenters. The average Bonchev–Trinajstić information content (AvgIpc) is 0.916. The van der Waals surface area contributed by atoms with Crippen molar-refractivity contribution in [3.8, 4) is 0 Å². The van der Waals surface area contributed by atoms with Crippen molar-refractivity contribution >= 4 is 72.9 Å². The lowest BCUT2D eigenvalue weighted by molar-refractivity contribution is -0.161. The summed E-state index contributed by atoms with van der Waals surface area (Å²) in [5.41, 5.74) is 0. The maximum absolute atomic E-state index is 13.0. The molecule has 0 aliphatic rings. The van der Waals surface area contributed by atoms with Gasteiger partial charge in [0.15, 0.2) is 12.2 Å². The normalized spacial score (nSPS) is 13.2.